The molecule has 0 bridgehead atoms. The maximum atomic E-state index is 11.2. The Morgan fingerprint density at radius 3 is 2.78 bits per heavy atom. The van der Waals surface area contributed by atoms with Crippen LogP contribution in [0.1, 0.15) is 29.0 Å². The Morgan fingerprint density at radius 2 is 2.11 bits per heavy atom. The van der Waals surface area contributed by atoms with E-state index in [9.17, 15) is 9.90 Å². The standard InChI is InChI=1S/C20H22BrNO4S/c1-3-25-17-9-14(19-22-16(11-27-19)20(23)24)8-15(21)18(17)26-10-13-7-5-4-6-12(13)2/h4-9,16,19,22H,3,10-11H2,1-2H3,(H,23,24)/t16-,19+/m0/s1. The van der Waals surface area contributed by atoms with Gasteiger partial charge in [0.1, 0.15) is 12.6 Å². The number of hydrogen-bond acceptors (Lipinski definition) is 5. The first-order valence-corrected chi connectivity index (χ1v) is 10.6. The number of thioether (sulfide) groups is 1. The zero-order valence-corrected chi connectivity index (χ0v) is 17.6. The van der Waals surface area contributed by atoms with Crippen LogP contribution < -0.4 is 14.8 Å². The maximum Gasteiger partial charge on any atom is 0.321 e. The van der Waals surface area contributed by atoms with Crippen molar-refractivity contribution in [3.63, 3.8) is 0 Å². The fourth-order valence-electron chi connectivity index (χ4n) is 2.87. The van der Waals surface area contributed by atoms with Crippen molar-refractivity contribution in [2.75, 3.05) is 12.4 Å². The second-order valence-corrected chi connectivity index (χ2v) is 8.24. The van der Waals surface area contributed by atoms with Crippen LogP contribution in [-0.4, -0.2) is 29.5 Å². The van der Waals surface area contributed by atoms with Crippen LogP contribution in [0.2, 0.25) is 0 Å². The number of aryl methyl sites for hydroxylation is 1. The van der Waals surface area contributed by atoms with Crippen LogP contribution in [-0.2, 0) is 11.4 Å². The van der Waals surface area contributed by atoms with E-state index in [4.69, 9.17) is 9.47 Å². The van der Waals surface area contributed by atoms with Gasteiger partial charge in [-0.3, -0.25) is 10.1 Å². The average Bonchev–Trinajstić information content (AvgIpc) is 3.13. The molecule has 3 rings (SSSR count). The molecule has 2 atom stereocenters. The van der Waals surface area contributed by atoms with Crippen LogP contribution >= 0.6 is 27.7 Å². The molecule has 0 radical (unpaired) electrons. The summed E-state index contributed by atoms with van der Waals surface area (Å²) in [5, 5.41) is 12.2. The summed E-state index contributed by atoms with van der Waals surface area (Å²) >= 11 is 5.17. The Labute approximate surface area is 171 Å². The zero-order valence-electron chi connectivity index (χ0n) is 15.2. The minimum Gasteiger partial charge on any atom is -0.490 e. The first kappa shape index (κ1) is 20.0. The highest BCUT2D eigenvalue weighted by Crippen LogP contribution is 2.42. The van der Waals surface area contributed by atoms with Gasteiger partial charge < -0.3 is 14.6 Å². The monoisotopic (exact) mass is 451 g/mol. The smallest absolute Gasteiger partial charge is 0.321 e. The Bertz CT molecular complexity index is 830. The van der Waals surface area contributed by atoms with Gasteiger partial charge in [-0.2, -0.15) is 0 Å². The van der Waals surface area contributed by atoms with Crippen LogP contribution in [0.3, 0.4) is 0 Å². The number of carbonyl (C=O) groups is 1. The van der Waals surface area contributed by atoms with Crippen molar-refractivity contribution >= 4 is 33.7 Å². The number of carboxylic acid groups (broad SMARTS) is 1. The molecule has 5 nitrogen and oxygen atoms in total. The van der Waals surface area contributed by atoms with E-state index in [1.54, 1.807) is 11.8 Å². The van der Waals surface area contributed by atoms with Crippen LogP contribution in [0.5, 0.6) is 11.5 Å². The van der Waals surface area contributed by atoms with E-state index < -0.39 is 12.0 Å². The molecule has 144 valence electrons. The van der Waals surface area contributed by atoms with Crippen LogP contribution in [0, 0.1) is 6.92 Å². The van der Waals surface area contributed by atoms with Crippen molar-refractivity contribution in [3.8, 4) is 11.5 Å². The highest BCUT2D eigenvalue weighted by Gasteiger charge is 2.31. The van der Waals surface area contributed by atoms with Gasteiger partial charge in [-0.15, -0.1) is 11.8 Å². The summed E-state index contributed by atoms with van der Waals surface area (Å²) in [4.78, 5) is 11.2. The fourth-order valence-corrected chi connectivity index (χ4v) is 4.66. The molecule has 1 aliphatic rings. The molecule has 27 heavy (non-hydrogen) atoms. The van der Waals surface area contributed by atoms with E-state index in [0.717, 1.165) is 15.6 Å². The number of ether oxygens (including phenoxy) is 2. The normalized spacial score (nSPS) is 19.1. The lowest BCUT2D eigenvalue weighted by molar-refractivity contribution is -0.138. The lowest BCUT2D eigenvalue weighted by atomic mass is 10.1. The zero-order chi connectivity index (χ0) is 19.4. The summed E-state index contributed by atoms with van der Waals surface area (Å²) in [6, 6.07) is 11.5. The molecule has 0 spiro atoms. The molecule has 0 aromatic heterocycles. The molecule has 0 saturated carbocycles. The van der Waals surface area contributed by atoms with Gasteiger partial charge in [-0.05, 0) is 58.6 Å². The highest BCUT2D eigenvalue weighted by atomic mass is 79.9. The predicted octanol–water partition coefficient (Wildman–Crippen LogP) is 4.52. The second-order valence-electron chi connectivity index (χ2n) is 6.25. The third kappa shape index (κ3) is 4.78. The molecule has 2 aromatic rings. The van der Waals surface area contributed by atoms with Gasteiger partial charge in [0.15, 0.2) is 11.5 Å². The molecule has 1 saturated heterocycles. The predicted molar refractivity (Wildman–Crippen MR) is 111 cm³/mol. The minimum atomic E-state index is -0.827. The van der Waals surface area contributed by atoms with Gasteiger partial charge in [0, 0.05) is 5.75 Å². The van der Waals surface area contributed by atoms with E-state index >= 15 is 0 Å². The molecule has 0 unspecified atom stereocenters. The number of benzene rings is 2. The molecule has 1 fully saturated rings. The summed E-state index contributed by atoms with van der Waals surface area (Å²) in [6.45, 7) is 4.94. The quantitative estimate of drug-likeness (QED) is 0.644. The summed E-state index contributed by atoms with van der Waals surface area (Å²) < 4.78 is 12.7. The second kappa shape index (κ2) is 8.99. The Morgan fingerprint density at radius 1 is 1.33 bits per heavy atom. The molecule has 2 N–H and O–H groups in total. The Balaban J connectivity index is 1.82. The number of rotatable bonds is 7. The first-order chi connectivity index (χ1) is 13.0. The fraction of sp³-hybridized carbons (Fsp3) is 0.350. The van der Waals surface area contributed by atoms with E-state index in [2.05, 4.69) is 34.2 Å². The van der Waals surface area contributed by atoms with Crippen molar-refractivity contribution in [1.82, 2.24) is 5.32 Å². The molecule has 2 aromatic carbocycles. The maximum absolute atomic E-state index is 11.2. The molecule has 0 aliphatic carbocycles. The van der Waals surface area contributed by atoms with Crippen molar-refractivity contribution < 1.29 is 19.4 Å². The summed E-state index contributed by atoms with van der Waals surface area (Å²) in [6.07, 6.45) is 0. The van der Waals surface area contributed by atoms with Crippen molar-refractivity contribution in [1.29, 1.82) is 0 Å². The average molecular weight is 452 g/mol. The molecule has 7 heteroatoms. The lowest BCUT2D eigenvalue weighted by Crippen LogP contribution is -2.33. The van der Waals surface area contributed by atoms with Crippen LogP contribution in [0.25, 0.3) is 0 Å². The SMILES string of the molecule is CCOc1cc([C@@H]2N[C@H](C(=O)O)CS2)cc(Br)c1OCc1ccccc1C. The highest BCUT2D eigenvalue weighted by molar-refractivity contribution is 9.10. The number of carboxylic acids is 1. The van der Waals surface area contributed by atoms with Gasteiger partial charge in [0.2, 0.25) is 0 Å². The summed E-state index contributed by atoms with van der Waals surface area (Å²) in [5.74, 6) is 1.01. The number of nitrogens with one attached hydrogen (secondary N) is 1. The summed E-state index contributed by atoms with van der Waals surface area (Å²) in [5.41, 5.74) is 3.25. The largest absolute Gasteiger partial charge is 0.490 e. The number of halogens is 1. The molecular formula is C20H22BrNO4S. The molecule has 1 aliphatic heterocycles. The minimum absolute atomic E-state index is 0.0907. The lowest BCUT2D eigenvalue weighted by Gasteiger charge is -2.18. The number of hydrogen-bond donors (Lipinski definition) is 2. The summed E-state index contributed by atoms with van der Waals surface area (Å²) in [7, 11) is 0. The molecule has 0 amide bonds. The van der Waals surface area contributed by atoms with Crippen LogP contribution in [0.15, 0.2) is 40.9 Å². The Hall–Kier alpha value is -1.70. The van der Waals surface area contributed by atoms with Gasteiger partial charge in [0.25, 0.3) is 0 Å². The van der Waals surface area contributed by atoms with Crippen molar-refractivity contribution in [3.05, 3.63) is 57.6 Å². The Kier molecular flexibility index (Phi) is 6.68. The van der Waals surface area contributed by atoms with Crippen molar-refractivity contribution in [2.45, 2.75) is 31.9 Å². The van der Waals surface area contributed by atoms with Gasteiger partial charge >= 0.3 is 5.97 Å². The van der Waals surface area contributed by atoms with E-state index in [1.807, 2.05) is 37.3 Å². The molecular weight excluding hydrogens is 430 g/mol. The number of aliphatic carboxylic acids is 1. The van der Waals surface area contributed by atoms with Gasteiger partial charge in [-0.25, -0.2) is 0 Å². The van der Waals surface area contributed by atoms with E-state index in [1.165, 1.54) is 5.56 Å². The topological polar surface area (TPSA) is 67.8 Å². The van der Waals surface area contributed by atoms with Crippen molar-refractivity contribution in [2.24, 2.45) is 0 Å². The van der Waals surface area contributed by atoms with Gasteiger partial charge in [0.05, 0.1) is 16.5 Å². The third-order valence-corrected chi connectivity index (χ3v) is 6.20. The molecule has 1 heterocycles. The van der Waals surface area contributed by atoms with Gasteiger partial charge in [-0.1, -0.05) is 24.3 Å². The van der Waals surface area contributed by atoms with E-state index in [-0.39, 0.29) is 5.37 Å². The first-order valence-electron chi connectivity index (χ1n) is 8.73. The third-order valence-electron chi connectivity index (χ3n) is 4.35. The van der Waals surface area contributed by atoms with E-state index in [0.29, 0.717) is 30.5 Å². The van der Waals surface area contributed by atoms with Crippen LogP contribution in [0.4, 0.5) is 0 Å².